The van der Waals surface area contributed by atoms with Crippen molar-refractivity contribution in [2.24, 2.45) is 0 Å². The minimum absolute atomic E-state index is 0.227. The first-order chi connectivity index (χ1) is 11.6. The Morgan fingerprint density at radius 2 is 1.62 bits per heavy atom. The van der Waals surface area contributed by atoms with Crippen molar-refractivity contribution in [1.29, 1.82) is 0 Å². The number of fused-ring (bicyclic) bond motifs is 2. The monoisotopic (exact) mass is 323 g/mol. The summed E-state index contributed by atoms with van der Waals surface area (Å²) in [6, 6.07) is 13.8. The van der Waals surface area contributed by atoms with Crippen LogP contribution < -0.4 is 4.74 Å². The third-order valence-corrected chi connectivity index (χ3v) is 4.12. The van der Waals surface area contributed by atoms with E-state index in [1.54, 1.807) is 18.2 Å². The van der Waals surface area contributed by atoms with Crippen molar-refractivity contribution in [2.75, 3.05) is 0 Å². The number of para-hydroxylation sites is 1. The maximum absolute atomic E-state index is 12.3. The summed E-state index contributed by atoms with van der Waals surface area (Å²) in [6.07, 6.45) is 0.251. The molecule has 6 nitrogen and oxygen atoms in total. The molecule has 2 aliphatic rings. The van der Waals surface area contributed by atoms with Crippen LogP contribution in [0, 0.1) is 0 Å². The minimum Gasteiger partial charge on any atom is -0.478 e. The predicted molar refractivity (Wildman–Crippen MR) is 82.2 cm³/mol. The first kappa shape index (κ1) is 14.4. The van der Waals surface area contributed by atoms with Gasteiger partial charge in [0, 0.05) is 0 Å². The van der Waals surface area contributed by atoms with Crippen molar-refractivity contribution >= 4 is 17.8 Å². The van der Waals surface area contributed by atoms with Gasteiger partial charge in [-0.25, -0.2) is 4.79 Å². The van der Waals surface area contributed by atoms with Gasteiger partial charge in [0.1, 0.15) is 5.75 Å². The molecule has 0 saturated heterocycles. The van der Waals surface area contributed by atoms with Gasteiger partial charge in [-0.1, -0.05) is 35.4 Å². The van der Waals surface area contributed by atoms with Crippen LogP contribution in [0.1, 0.15) is 32.7 Å². The van der Waals surface area contributed by atoms with Gasteiger partial charge in [-0.3, -0.25) is 9.59 Å². The number of nitrogens with zero attached hydrogens (tertiary/aromatic N) is 1. The molecular formula is C18H13NO5. The number of aryl methyl sites for hydroxylation is 1. The molecular weight excluding hydrogens is 310 g/mol. The highest BCUT2D eigenvalue weighted by Crippen LogP contribution is 2.28. The summed E-state index contributed by atoms with van der Waals surface area (Å²) in [7, 11) is 0. The van der Waals surface area contributed by atoms with E-state index < -0.39 is 23.9 Å². The molecule has 0 aliphatic carbocycles. The van der Waals surface area contributed by atoms with Gasteiger partial charge in [0.05, 0.1) is 11.1 Å². The van der Waals surface area contributed by atoms with Gasteiger partial charge < -0.3 is 9.57 Å². The van der Waals surface area contributed by atoms with Crippen molar-refractivity contribution in [1.82, 2.24) is 5.06 Å². The number of amides is 2. The van der Waals surface area contributed by atoms with Crippen LogP contribution in [0.25, 0.3) is 0 Å². The SMILES string of the molecule is O=C(ON1C(=O)c2ccccc2C1=O)C1CCc2ccccc2O1. The summed E-state index contributed by atoms with van der Waals surface area (Å²) in [5.41, 5.74) is 1.47. The first-order valence-electron chi connectivity index (χ1n) is 7.59. The molecule has 0 bridgehead atoms. The molecule has 2 aromatic rings. The van der Waals surface area contributed by atoms with Crippen LogP contribution in [0.3, 0.4) is 0 Å². The van der Waals surface area contributed by atoms with E-state index in [1.165, 1.54) is 12.1 Å². The third kappa shape index (κ3) is 2.23. The Bertz CT molecular complexity index is 825. The first-order valence-corrected chi connectivity index (χ1v) is 7.59. The van der Waals surface area contributed by atoms with Gasteiger partial charge in [-0.05, 0) is 36.6 Å². The Hall–Kier alpha value is -3.15. The number of imide groups is 1. The standard InChI is InChI=1S/C18H13NO5/c20-16-12-6-2-3-7-13(12)17(21)19(16)24-18(22)15-10-9-11-5-1-4-8-14(11)23-15/h1-8,15H,9-10H2. The van der Waals surface area contributed by atoms with E-state index in [0.717, 1.165) is 5.56 Å². The lowest BCUT2D eigenvalue weighted by atomic mass is 10.0. The van der Waals surface area contributed by atoms with Crippen LogP contribution in [0.5, 0.6) is 5.75 Å². The lowest BCUT2D eigenvalue weighted by Gasteiger charge is -2.25. The molecule has 24 heavy (non-hydrogen) atoms. The number of benzene rings is 2. The van der Waals surface area contributed by atoms with Gasteiger partial charge in [-0.15, -0.1) is 0 Å². The van der Waals surface area contributed by atoms with Crippen molar-refractivity contribution in [3.8, 4) is 5.75 Å². The maximum atomic E-state index is 12.3. The summed E-state index contributed by atoms with van der Waals surface area (Å²) in [4.78, 5) is 41.8. The second-order valence-electron chi connectivity index (χ2n) is 5.61. The van der Waals surface area contributed by atoms with Crippen LogP contribution in [-0.4, -0.2) is 29.0 Å². The fourth-order valence-electron chi connectivity index (χ4n) is 2.89. The topological polar surface area (TPSA) is 72.9 Å². The fraction of sp³-hybridized carbons (Fsp3) is 0.167. The number of hydroxylamine groups is 2. The molecule has 4 rings (SSSR count). The average molecular weight is 323 g/mol. The Kier molecular flexibility index (Phi) is 3.30. The highest BCUT2D eigenvalue weighted by Gasteiger charge is 2.40. The highest BCUT2D eigenvalue weighted by molar-refractivity contribution is 6.20. The molecule has 0 N–H and O–H groups in total. The normalized spacial score (nSPS) is 18.7. The zero-order valence-electron chi connectivity index (χ0n) is 12.6. The lowest BCUT2D eigenvalue weighted by Crippen LogP contribution is -2.40. The Labute approximate surface area is 137 Å². The van der Waals surface area contributed by atoms with Gasteiger partial charge in [0.25, 0.3) is 11.8 Å². The lowest BCUT2D eigenvalue weighted by molar-refractivity contribution is -0.177. The second kappa shape index (κ2) is 5.49. The average Bonchev–Trinajstić information content (AvgIpc) is 2.86. The second-order valence-corrected chi connectivity index (χ2v) is 5.61. The summed E-state index contributed by atoms with van der Waals surface area (Å²) < 4.78 is 5.63. The van der Waals surface area contributed by atoms with Crippen molar-refractivity contribution < 1.29 is 24.0 Å². The largest absolute Gasteiger partial charge is 0.478 e. The van der Waals surface area contributed by atoms with E-state index in [1.807, 2.05) is 18.2 Å². The third-order valence-electron chi connectivity index (χ3n) is 4.12. The van der Waals surface area contributed by atoms with E-state index >= 15 is 0 Å². The quantitative estimate of drug-likeness (QED) is 0.792. The van der Waals surface area contributed by atoms with Crippen LogP contribution in [0.4, 0.5) is 0 Å². The van der Waals surface area contributed by atoms with Gasteiger partial charge in [0.2, 0.25) is 0 Å². The number of carbonyl (C=O) groups excluding carboxylic acids is 3. The summed E-state index contributed by atoms with van der Waals surface area (Å²) >= 11 is 0. The zero-order valence-corrected chi connectivity index (χ0v) is 12.6. The molecule has 2 aliphatic heterocycles. The Morgan fingerprint density at radius 3 is 2.33 bits per heavy atom. The van der Waals surface area contributed by atoms with Crippen molar-refractivity contribution in [2.45, 2.75) is 18.9 Å². The Balaban J connectivity index is 1.50. The summed E-state index contributed by atoms with van der Waals surface area (Å²) in [5.74, 6) is -1.41. The van der Waals surface area contributed by atoms with Crippen molar-refractivity contribution in [3.63, 3.8) is 0 Å². The molecule has 0 fully saturated rings. The van der Waals surface area contributed by atoms with E-state index in [2.05, 4.69) is 0 Å². The summed E-state index contributed by atoms with van der Waals surface area (Å²) in [5, 5.41) is 0.511. The fourth-order valence-corrected chi connectivity index (χ4v) is 2.89. The van der Waals surface area contributed by atoms with Crippen LogP contribution in [0.2, 0.25) is 0 Å². The van der Waals surface area contributed by atoms with E-state index in [0.29, 0.717) is 23.7 Å². The molecule has 1 unspecified atom stereocenters. The zero-order chi connectivity index (χ0) is 16.7. The smallest absolute Gasteiger partial charge is 0.373 e. The van der Waals surface area contributed by atoms with Gasteiger partial charge in [-0.2, -0.15) is 0 Å². The van der Waals surface area contributed by atoms with Gasteiger partial charge in [0.15, 0.2) is 6.10 Å². The predicted octanol–water partition coefficient (Wildman–Crippen LogP) is 2.13. The minimum atomic E-state index is -0.843. The highest BCUT2D eigenvalue weighted by atomic mass is 16.7. The molecule has 2 amide bonds. The van der Waals surface area contributed by atoms with Crippen LogP contribution in [-0.2, 0) is 16.1 Å². The summed E-state index contributed by atoms with van der Waals surface area (Å²) in [6.45, 7) is 0. The number of rotatable bonds is 2. The van der Waals surface area contributed by atoms with Crippen molar-refractivity contribution in [3.05, 3.63) is 65.2 Å². The number of hydrogen-bond donors (Lipinski definition) is 0. The molecule has 6 heteroatoms. The van der Waals surface area contributed by atoms with Crippen LogP contribution in [0.15, 0.2) is 48.5 Å². The molecule has 2 heterocycles. The van der Waals surface area contributed by atoms with E-state index in [-0.39, 0.29) is 11.1 Å². The molecule has 0 spiro atoms. The van der Waals surface area contributed by atoms with E-state index in [4.69, 9.17) is 9.57 Å². The maximum Gasteiger partial charge on any atom is 0.373 e. The molecule has 2 aromatic carbocycles. The molecule has 0 saturated carbocycles. The molecule has 1 atom stereocenters. The number of ether oxygens (including phenoxy) is 1. The number of carbonyl (C=O) groups is 3. The Morgan fingerprint density at radius 1 is 1.00 bits per heavy atom. The number of hydrogen-bond acceptors (Lipinski definition) is 5. The van der Waals surface area contributed by atoms with Gasteiger partial charge >= 0.3 is 5.97 Å². The molecule has 0 radical (unpaired) electrons. The van der Waals surface area contributed by atoms with E-state index in [9.17, 15) is 14.4 Å². The molecule has 120 valence electrons. The van der Waals surface area contributed by atoms with Crippen LogP contribution >= 0.6 is 0 Å². The molecule has 0 aromatic heterocycles.